The molecule has 0 radical (unpaired) electrons. The number of carboxylic acid groups (broad SMARTS) is 1. The smallest absolute Gasteiger partial charge is 0.407 e. The highest BCUT2D eigenvalue weighted by molar-refractivity contribution is 5.96. The summed E-state index contributed by atoms with van der Waals surface area (Å²) in [5.41, 5.74) is 5.15. The molecule has 0 aliphatic heterocycles. The number of nitrogens with one attached hydrogen (secondary N) is 1. The summed E-state index contributed by atoms with van der Waals surface area (Å²) in [6.07, 6.45) is 2.11. The van der Waals surface area contributed by atoms with Crippen molar-refractivity contribution in [2.75, 3.05) is 13.2 Å². The Morgan fingerprint density at radius 2 is 1.70 bits per heavy atom. The van der Waals surface area contributed by atoms with Crippen LogP contribution in [0.1, 0.15) is 43.7 Å². The van der Waals surface area contributed by atoms with Crippen molar-refractivity contribution in [1.29, 1.82) is 0 Å². The molecule has 0 bridgehead atoms. The Balaban J connectivity index is 1.33. The third kappa shape index (κ3) is 4.49. The van der Waals surface area contributed by atoms with Gasteiger partial charge in [-0.15, -0.1) is 0 Å². The molecule has 0 heterocycles. The van der Waals surface area contributed by atoms with Crippen molar-refractivity contribution >= 4 is 18.0 Å². The van der Waals surface area contributed by atoms with E-state index < -0.39 is 18.1 Å². The van der Waals surface area contributed by atoms with Gasteiger partial charge in [0.1, 0.15) is 12.6 Å². The van der Waals surface area contributed by atoms with Crippen molar-refractivity contribution in [3.8, 4) is 11.1 Å². The quantitative estimate of drug-likeness (QED) is 0.669. The van der Waals surface area contributed by atoms with E-state index in [1.165, 1.54) is 23.0 Å². The van der Waals surface area contributed by atoms with E-state index in [4.69, 9.17) is 4.74 Å². The van der Waals surface area contributed by atoms with Gasteiger partial charge in [-0.2, -0.15) is 0 Å². The van der Waals surface area contributed by atoms with Gasteiger partial charge < -0.3 is 20.1 Å². The lowest BCUT2D eigenvalue weighted by Gasteiger charge is -2.25. The molecule has 2 amide bonds. The fourth-order valence-corrected chi connectivity index (χ4v) is 4.72. The Hall–Kier alpha value is -3.61. The Morgan fingerprint density at radius 3 is 2.27 bits per heavy atom. The van der Waals surface area contributed by atoms with Crippen molar-refractivity contribution in [3.63, 3.8) is 0 Å². The number of carbonyl (C=O) groups excluding carboxylic acids is 2. The number of aliphatic carboxylic acids is 1. The molecule has 0 saturated carbocycles. The zero-order valence-electron chi connectivity index (χ0n) is 18.8. The van der Waals surface area contributed by atoms with E-state index in [9.17, 15) is 19.5 Å². The van der Waals surface area contributed by atoms with Crippen LogP contribution in [0, 0.1) is 0 Å². The first-order valence-corrected chi connectivity index (χ1v) is 11.2. The number of rotatable bonds is 7. The minimum atomic E-state index is -1.04. The molecule has 4 rings (SSSR count). The number of carboxylic acids is 1. The van der Waals surface area contributed by atoms with Gasteiger partial charge in [-0.25, -0.2) is 9.59 Å². The maximum absolute atomic E-state index is 12.7. The lowest BCUT2D eigenvalue weighted by atomic mass is 9.98. The molecule has 0 fully saturated rings. The summed E-state index contributed by atoms with van der Waals surface area (Å²) in [5.74, 6) is -1.36. The molecule has 2 unspecified atom stereocenters. The van der Waals surface area contributed by atoms with Gasteiger partial charge >= 0.3 is 12.1 Å². The highest BCUT2D eigenvalue weighted by atomic mass is 16.5. The lowest BCUT2D eigenvalue weighted by molar-refractivity contribution is -0.147. The Morgan fingerprint density at radius 1 is 1.09 bits per heavy atom. The van der Waals surface area contributed by atoms with Gasteiger partial charge in [0, 0.05) is 24.1 Å². The largest absolute Gasteiger partial charge is 0.480 e. The Kier molecular flexibility index (Phi) is 6.49. The van der Waals surface area contributed by atoms with E-state index in [-0.39, 0.29) is 24.5 Å². The normalized spacial score (nSPS) is 17.5. The molecular weight excluding hydrogens is 420 g/mol. The average Bonchev–Trinajstić information content (AvgIpc) is 3.40. The maximum atomic E-state index is 12.7. The van der Waals surface area contributed by atoms with Crippen molar-refractivity contribution in [1.82, 2.24) is 10.2 Å². The topological polar surface area (TPSA) is 95.9 Å². The third-order valence-corrected chi connectivity index (χ3v) is 6.48. The third-order valence-electron chi connectivity index (χ3n) is 6.48. The van der Waals surface area contributed by atoms with Crippen LogP contribution in [0.4, 0.5) is 4.79 Å². The number of nitrogens with zero attached hydrogens (tertiary/aromatic N) is 1. The van der Waals surface area contributed by atoms with E-state index >= 15 is 0 Å². The van der Waals surface area contributed by atoms with Crippen molar-refractivity contribution < 1.29 is 24.2 Å². The summed E-state index contributed by atoms with van der Waals surface area (Å²) >= 11 is 0. The number of ether oxygens (including phenoxy) is 1. The van der Waals surface area contributed by atoms with Crippen molar-refractivity contribution in [2.45, 2.75) is 44.7 Å². The summed E-state index contributed by atoms with van der Waals surface area (Å²) in [5, 5.41) is 12.1. The summed E-state index contributed by atoms with van der Waals surface area (Å²) in [6, 6.07) is 15.1. The molecule has 172 valence electrons. The number of hydrogen-bond acceptors (Lipinski definition) is 4. The lowest BCUT2D eigenvalue weighted by Crippen LogP contribution is -2.44. The predicted molar refractivity (Wildman–Crippen MR) is 124 cm³/mol. The Bertz CT molecular complexity index is 1060. The molecule has 2 N–H and O–H groups in total. The molecule has 2 aliphatic carbocycles. The van der Waals surface area contributed by atoms with Crippen LogP contribution in [-0.2, 0) is 14.3 Å². The number of likely N-dealkylation sites (N-methyl/N-ethyl adjacent to an activating group) is 1. The maximum Gasteiger partial charge on any atom is 0.407 e. The van der Waals surface area contributed by atoms with Crippen LogP contribution in [0.15, 0.2) is 60.2 Å². The average molecular weight is 449 g/mol. The van der Waals surface area contributed by atoms with Gasteiger partial charge in [0.05, 0.1) is 0 Å². The number of alkyl carbamates (subject to hydrolysis) is 1. The summed E-state index contributed by atoms with van der Waals surface area (Å²) in [6.45, 7) is 3.77. The molecule has 0 spiro atoms. The van der Waals surface area contributed by atoms with Crippen LogP contribution in [0.5, 0.6) is 0 Å². The second kappa shape index (κ2) is 9.48. The summed E-state index contributed by atoms with van der Waals surface area (Å²) in [4.78, 5) is 37.9. The molecular formula is C26H28N2O5. The monoisotopic (exact) mass is 448 g/mol. The minimum absolute atomic E-state index is 0.0161. The molecule has 7 heteroatoms. The number of fused-ring (bicyclic) bond motifs is 3. The van der Waals surface area contributed by atoms with Gasteiger partial charge in [0.25, 0.3) is 0 Å². The highest BCUT2D eigenvalue weighted by Crippen LogP contribution is 2.44. The van der Waals surface area contributed by atoms with Gasteiger partial charge in [0.2, 0.25) is 5.91 Å². The SMILES string of the molecule is CCN(C(=O)C1=CCC(NC(=O)OCC2c3ccccc3-c3ccccc32)C1)C(C)C(=O)O. The molecule has 7 nitrogen and oxygen atoms in total. The molecule has 0 aromatic heterocycles. The first-order chi connectivity index (χ1) is 15.9. The van der Waals surface area contributed by atoms with Crippen LogP contribution < -0.4 is 5.32 Å². The predicted octanol–water partition coefficient (Wildman–Crippen LogP) is 3.94. The van der Waals surface area contributed by atoms with Crippen molar-refractivity contribution in [3.05, 3.63) is 71.3 Å². The van der Waals surface area contributed by atoms with Gasteiger partial charge in [0.15, 0.2) is 0 Å². The number of hydrogen-bond donors (Lipinski definition) is 2. The summed E-state index contributed by atoms with van der Waals surface area (Å²) < 4.78 is 5.59. The van der Waals surface area contributed by atoms with Crippen LogP contribution in [0.25, 0.3) is 11.1 Å². The molecule has 33 heavy (non-hydrogen) atoms. The van der Waals surface area contributed by atoms with Gasteiger partial charge in [-0.1, -0.05) is 54.6 Å². The molecule has 2 atom stereocenters. The first-order valence-electron chi connectivity index (χ1n) is 11.2. The second-order valence-corrected chi connectivity index (χ2v) is 8.44. The fraction of sp³-hybridized carbons (Fsp3) is 0.346. The molecule has 2 aromatic rings. The first kappa shape index (κ1) is 22.6. The van der Waals surface area contributed by atoms with E-state index in [1.54, 1.807) is 13.0 Å². The number of benzene rings is 2. The van der Waals surface area contributed by atoms with Crippen LogP contribution in [-0.4, -0.2) is 53.2 Å². The van der Waals surface area contributed by atoms with Gasteiger partial charge in [-0.05, 0) is 48.9 Å². The molecule has 0 saturated heterocycles. The number of carbonyl (C=O) groups is 3. The summed E-state index contributed by atoms with van der Waals surface area (Å²) in [7, 11) is 0. The minimum Gasteiger partial charge on any atom is -0.480 e. The van der Waals surface area contributed by atoms with Crippen molar-refractivity contribution in [2.24, 2.45) is 0 Å². The van der Waals surface area contributed by atoms with E-state index in [0.29, 0.717) is 25.0 Å². The fourth-order valence-electron chi connectivity index (χ4n) is 4.72. The van der Waals surface area contributed by atoms with E-state index in [0.717, 1.165) is 11.1 Å². The van der Waals surface area contributed by atoms with E-state index in [1.807, 2.05) is 24.3 Å². The van der Waals surface area contributed by atoms with E-state index in [2.05, 4.69) is 29.6 Å². The standard InChI is InChI=1S/C26H28N2O5/c1-3-28(16(2)25(30)31)24(29)17-12-13-18(14-17)27-26(32)33-15-23-21-10-6-4-8-19(21)20-9-5-7-11-22(20)23/h4-12,16,18,23H,3,13-15H2,1-2H3,(H,27,32)(H,30,31). The van der Waals surface area contributed by atoms with Crippen LogP contribution in [0.2, 0.25) is 0 Å². The number of amides is 2. The van der Waals surface area contributed by atoms with Gasteiger partial charge in [-0.3, -0.25) is 4.79 Å². The zero-order chi connectivity index (χ0) is 23.5. The molecule has 2 aromatic carbocycles. The zero-order valence-corrected chi connectivity index (χ0v) is 18.8. The Labute approximate surface area is 193 Å². The highest BCUT2D eigenvalue weighted by Gasteiger charge is 2.32. The van der Waals surface area contributed by atoms with Crippen LogP contribution >= 0.6 is 0 Å². The molecule has 2 aliphatic rings. The van der Waals surface area contributed by atoms with Crippen LogP contribution in [0.3, 0.4) is 0 Å². The second-order valence-electron chi connectivity index (χ2n) is 8.44.